The first-order valence-corrected chi connectivity index (χ1v) is 4.28. The number of amidine groups is 1. The molecule has 70 valence electrons. The van der Waals surface area contributed by atoms with Gasteiger partial charge < -0.3 is 11.1 Å². The Morgan fingerprint density at radius 2 is 2.46 bits per heavy atom. The van der Waals surface area contributed by atoms with Crippen molar-refractivity contribution in [2.45, 2.75) is 13.3 Å². The van der Waals surface area contributed by atoms with E-state index in [1.807, 2.05) is 0 Å². The van der Waals surface area contributed by atoms with Gasteiger partial charge in [0.2, 0.25) is 0 Å². The van der Waals surface area contributed by atoms with E-state index in [0.717, 1.165) is 18.8 Å². The summed E-state index contributed by atoms with van der Waals surface area (Å²) < 4.78 is 0. The number of hydrogen-bond donors (Lipinski definition) is 3. The lowest BCUT2D eigenvalue weighted by atomic mass is 10.2. The molecule has 1 aromatic rings. The minimum atomic E-state index is 0.0712. The lowest BCUT2D eigenvalue weighted by Gasteiger charge is -2.04. The van der Waals surface area contributed by atoms with Crippen LogP contribution in [-0.4, -0.2) is 17.4 Å². The molecule has 0 saturated heterocycles. The zero-order valence-corrected chi connectivity index (χ0v) is 7.67. The molecule has 4 heteroatoms. The molecule has 0 unspecified atom stereocenters. The number of nitrogen functional groups attached to an aromatic ring is 1. The highest BCUT2D eigenvalue weighted by atomic mass is 15.0. The highest BCUT2D eigenvalue weighted by Crippen LogP contribution is 2.05. The van der Waals surface area contributed by atoms with Crippen LogP contribution in [0.1, 0.15) is 18.9 Å². The molecule has 1 aromatic heterocycles. The molecule has 0 amide bonds. The molecule has 0 atom stereocenters. The summed E-state index contributed by atoms with van der Waals surface area (Å²) in [6, 6.07) is 3.50. The van der Waals surface area contributed by atoms with Crippen LogP contribution in [-0.2, 0) is 0 Å². The second kappa shape index (κ2) is 4.45. The Balaban J connectivity index is 2.73. The minimum absolute atomic E-state index is 0.0712. The summed E-state index contributed by atoms with van der Waals surface area (Å²) in [7, 11) is 0. The first kappa shape index (κ1) is 9.51. The number of anilines is 1. The van der Waals surface area contributed by atoms with E-state index in [9.17, 15) is 0 Å². The summed E-state index contributed by atoms with van der Waals surface area (Å²) in [5, 5.41) is 10.4. The molecule has 0 radical (unpaired) electrons. The van der Waals surface area contributed by atoms with Gasteiger partial charge in [0.15, 0.2) is 0 Å². The highest BCUT2D eigenvalue weighted by Gasteiger charge is 1.97. The van der Waals surface area contributed by atoms with E-state index in [2.05, 4.69) is 17.2 Å². The molecule has 4 nitrogen and oxygen atoms in total. The van der Waals surface area contributed by atoms with E-state index >= 15 is 0 Å². The number of aromatic nitrogens is 1. The number of rotatable bonds is 4. The van der Waals surface area contributed by atoms with Gasteiger partial charge in [0, 0.05) is 18.3 Å². The van der Waals surface area contributed by atoms with Gasteiger partial charge in [-0.15, -0.1) is 0 Å². The zero-order valence-electron chi connectivity index (χ0n) is 7.67. The van der Waals surface area contributed by atoms with Crippen LogP contribution in [0, 0.1) is 5.41 Å². The van der Waals surface area contributed by atoms with Gasteiger partial charge in [0.05, 0.1) is 0 Å². The number of nitrogens with two attached hydrogens (primary N) is 1. The van der Waals surface area contributed by atoms with E-state index < -0.39 is 0 Å². The molecule has 0 aliphatic heterocycles. The molecule has 0 fully saturated rings. The third-order valence-corrected chi connectivity index (χ3v) is 1.63. The van der Waals surface area contributed by atoms with Crippen molar-refractivity contribution in [3.05, 3.63) is 23.9 Å². The normalized spacial score (nSPS) is 9.62. The predicted molar refractivity (Wildman–Crippen MR) is 54.0 cm³/mol. The van der Waals surface area contributed by atoms with Crippen molar-refractivity contribution in [2.24, 2.45) is 5.73 Å². The van der Waals surface area contributed by atoms with Gasteiger partial charge in [-0.2, -0.15) is 0 Å². The van der Waals surface area contributed by atoms with Gasteiger partial charge in [0.25, 0.3) is 0 Å². The molecule has 0 spiro atoms. The summed E-state index contributed by atoms with van der Waals surface area (Å²) in [4.78, 5) is 4.10. The summed E-state index contributed by atoms with van der Waals surface area (Å²) in [5.74, 6) is 0.844. The summed E-state index contributed by atoms with van der Waals surface area (Å²) in [6.07, 6.45) is 2.70. The van der Waals surface area contributed by atoms with Gasteiger partial charge in [-0.3, -0.25) is 5.41 Å². The third kappa shape index (κ3) is 2.74. The molecule has 0 saturated carbocycles. The maximum absolute atomic E-state index is 7.23. The summed E-state index contributed by atoms with van der Waals surface area (Å²) in [6.45, 7) is 2.97. The molecule has 0 aliphatic carbocycles. The fraction of sp³-hybridized carbons (Fsp3) is 0.333. The van der Waals surface area contributed by atoms with Crippen molar-refractivity contribution < 1.29 is 0 Å². The molecule has 13 heavy (non-hydrogen) atoms. The number of pyridine rings is 1. The van der Waals surface area contributed by atoms with E-state index in [1.54, 1.807) is 18.3 Å². The van der Waals surface area contributed by atoms with Crippen LogP contribution >= 0.6 is 0 Å². The van der Waals surface area contributed by atoms with Crippen molar-refractivity contribution in [3.63, 3.8) is 0 Å². The maximum Gasteiger partial charge on any atom is 0.126 e. The van der Waals surface area contributed by atoms with Crippen LogP contribution in [0.5, 0.6) is 0 Å². The van der Waals surface area contributed by atoms with Crippen molar-refractivity contribution in [1.29, 1.82) is 5.41 Å². The quantitative estimate of drug-likeness (QED) is 0.479. The lowest BCUT2D eigenvalue weighted by Crippen LogP contribution is -2.12. The second-order valence-electron chi connectivity index (χ2n) is 2.77. The number of hydrogen-bond acceptors (Lipinski definition) is 3. The predicted octanol–water partition coefficient (Wildman–Crippen LogP) is 1.19. The Bertz CT molecular complexity index is 295. The number of nitrogens with one attached hydrogen (secondary N) is 2. The molecule has 0 aliphatic rings. The Morgan fingerprint density at radius 3 is 3.08 bits per heavy atom. The van der Waals surface area contributed by atoms with E-state index in [0.29, 0.717) is 5.56 Å². The SMILES string of the molecule is CCCNc1cc(C(=N)N)ccn1. The Labute approximate surface area is 77.7 Å². The molecular weight excluding hydrogens is 164 g/mol. The Morgan fingerprint density at radius 1 is 1.69 bits per heavy atom. The average Bonchev–Trinajstić information content (AvgIpc) is 2.15. The maximum atomic E-state index is 7.23. The highest BCUT2D eigenvalue weighted by molar-refractivity contribution is 5.95. The van der Waals surface area contributed by atoms with Crippen LogP contribution in [0.25, 0.3) is 0 Å². The molecule has 1 heterocycles. The van der Waals surface area contributed by atoms with Crippen LogP contribution < -0.4 is 11.1 Å². The van der Waals surface area contributed by atoms with Gasteiger partial charge >= 0.3 is 0 Å². The monoisotopic (exact) mass is 178 g/mol. The molecule has 0 bridgehead atoms. The van der Waals surface area contributed by atoms with E-state index in [4.69, 9.17) is 11.1 Å². The lowest BCUT2D eigenvalue weighted by molar-refractivity contribution is 0.969. The largest absolute Gasteiger partial charge is 0.384 e. The first-order valence-electron chi connectivity index (χ1n) is 4.28. The van der Waals surface area contributed by atoms with E-state index in [1.165, 1.54) is 0 Å². The van der Waals surface area contributed by atoms with Gasteiger partial charge in [-0.25, -0.2) is 4.98 Å². The van der Waals surface area contributed by atoms with Gasteiger partial charge in [-0.1, -0.05) is 6.92 Å². The molecule has 0 aromatic carbocycles. The number of nitrogens with zero attached hydrogens (tertiary/aromatic N) is 1. The topological polar surface area (TPSA) is 74.8 Å². The molecular formula is C9H14N4. The third-order valence-electron chi connectivity index (χ3n) is 1.63. The van der Waals surface area contributed by atoms with Crippen molar-refractivity contribution in [1.82, 2.24) is 4.98 Å². The average molecular weight is 178 g/mol. The standard InChI is InChI=1S/C9H14N4/c1-2-4-12-8-6-7(9(10)11)3-5-13-8/h3,5-6H,2,4H2,1H3,(H3,10,11)(H,12,13). The Hall–Kier alpha value is -1.58. The summed E-state index contributed by atoms with van der Waals surface area (Å²) in [5.41, 5.74) is 6.04. The zero-order chi connectivity index (χ0) is 9.68. The second-order valence-corrected chi connectivity index (χ2v) is 2.77. The summed E-state index contributed by atoms with van der Waals surface area (Å²) >= 11 is 0. The van der Waals surface area contributed by atoms with Crippen LogP contribution in [0.4, 0.5) is 5.82 Å². The molecule has 1 rings (SSSR count). The first-order chi connectivity index (χ1) is 6.24. The van der Waals surface area contributed by atoms with Crippen LogP contribution in [0.2, 0.25) is 0 Å². The van der Waals surface area contributed by atoms with Crippen LogP contribution in [0.3, 0.4) is 0 Å². The van der Waals surface area contributed by atoms with Gasteiger partial charge in [0.1, 0.15) is 11.7 Å². The van der Waals surface area contributed by atoms with E-state index in [-0.39, 0.29) is 5.84 Å². The van der Waals surface area contributed by atoms with Crippen molar-refractivity contribution in [3.8, 4) is 0 Å². The van der Waals surface area contributed by atoms with Crippen molar-refractivity contribution >= 4 is 11.7 Å². The van der Waals surface area contributed by atoms with Crippen LogP contribution in [0.15, 0.2) is 18.3 Å². The molecule has 4 N–H and O–H groups in total. The fourth-order valence-electron chi connectivity index (χ4n) is 0.948. The minimum Gasteiger partial charge on any atom is -0.384 e. The smallest absolute Gasteiger partial charge is 0.126 e. The Kier molecular flexibility index (Phi) is 3.25. The van der Waals surface area contributed by atoms with Gasteiger partial charge in [-0.05, 0) is 18.6 Å². The van der Waals surface area contributed by atoms with Crippen molar-refractivity contribution in [2.75, 3.05) is 11.9 Å². The fourth-order valence-corrected chi connectivity index (χ4v) is 0.948.